The number of carbonyl (C=O) groups excluding carboxylic acids is 1. The molecule has 12 heavy (non-hydrogen) atoms. The van der Waals surface area contributed by atoms with Crippen molar-refractivity contribution in [2.24, 2.45) is 0 Å². The summed E-state index contributed by atoms with van der Waals surface area (Å²) >= 11 is 3.38. The Morgan fingerprint density at radius 1 is 1.33 bits per heavy atom. The van der Waals surface area contributed by atoms with Crippen LogP contribution >= 0.6 is 15.9 Å². The number of rotatable bonds is 1. The molecule has 0 unspecified atom stereocenters. The van der Waals surface area contributed by atoms with Gasteiger partial charge < -0.3 is 0 Å². The van der Waals surface area contributed by atoms with Crippen molar-refractivity contribution in [1.82, 2.24) is 0 Å². The van der Waals surface area contributed by atoms with E-state index in [0.717, 1.165) is 15.6 Å². The Labute approximate surface area is 80.9 Å². The molecule has 0 spiro atoms. The molecule has 2 heteroatoms. The maximum absolute atomic E-state index is 11.2. The Balaban J connectivity index is 3.38. The molecular formula is C10H11BrO. The zero-order valence-electron chi connectivity index (χ0n) is 7.44. The third kappa shape index (κ3) is 1.75. The molecule has 0 fully saturated rings. The van der Waals surface area contributed by atoms with Crippen molar-refractivity contribution in [1.29, 1.82) is 0 Å². The van der Waals surface area contributed by atoms with Crippen molar-refractivity contribution in [3.8, 4) is 0 Å². The van der Waals surface area contributed by atoms with Gasteiger partial charge in [-0.15, -0.1) is 0 Å². The van der Waals surface area contributed by atoms with Crippen molar-refractivity contribution in [2.75, 3.05) is 0 Å². The first-order chi connectivity index (χ1) is 5.52. The molecule has 1 nitrogen and oxygen atoms in total. The van der Waals surface area contributed by atoms with Crippen LogP contribution in [0.3, 0.4) is 0 Å². The predicted molar refractivity (Wildman–Crippen MR) is 53.6 cm³/mol. The number of benzene rings is 1. The van der Waals surface area contributed by atoms with Crippen LogP contribution in [-0.4, -0.2) is 5.78 Å². The monoisotopic (exact) mass is 226 g/mol. The van der Waals surface area contributed by atoms with E-state index in [0.29, 0.717) is 0 Å². The van der Waals surface area contributed by atoms with E-state index in [4.69, 9.17) is 0 Å². The molecular weight excluding hydrogens is 216 g/mol. The van der Waals surface area contributed by atoms with Gasteiger partial charge in [0.2, 0.25) is 0 Å². The fraction of sp³-hybridized carbons (Fsp3) is 0.300. The lowest BCUT2D eigenvalue weighted by Crippen LogP contribution is -1.98. The summed E-state index contributed by atoms with van der Waals surface area (Å²) in [6.45, 7) is 5.55. The van der Waals surface area contributed by atoms with Crippen molar-refractivity contribution in [2.45, 2.75) is 20.8 Å². The molecule has 0 amide bonds. The fourth-order valence-corrected chi connectivity index (χ4v) is 2.31. The number of hydrogen-bond acceptors (Lipinski definition) is 1. The molecule has 0 aromatic heterocycles. The van der Waals surface area contributed by atoms with E-state index in [1.807, 2.05) is 26.0 Å². The van der Waals surface area contributed by atoms with Crippen molar-refractivity contribution < 1.29 is 4.79 Å². The summed E-state index contributed by atoms with van der Waals surface area (Å²) in [4.78, 5) is 11.2. The number of hydrogen-bond donors (Lipinski definition) is 0. The third-order valence-corrected chi connectivity index (χ3v) is 2.41. The highest BCUT2D eigenvalue weighted by Gasteiger charge is 2.08. The molecule has 0 saturated heterocycles. The average molecular weight is 227 g/mol. The van der Waals surface area contributed by atoms with Crippen molar-refractivity contribution in [3.05, 3.63) is 33.3 Å². The molecule has 1 rings (SSSR count). The fourth-order valence-electron chi connectivity index (χ4n) is 1.36. The Morgan fingerprint density at radius 2 is 1.92 bits per heavy atom. The van der Waals surface area contributed by atoms with E-state index < -0.39 is 0 Å². The molecule has 0 N–H and O–H groups in total. The SMILES string of the molecule is CC(=O)c1c(C)cc(C)cc1Br. The van der Waals surface area contributed by atoms with Crippen LogP contribution in [0.15, 0.2) is 16.6 Å². The number of carbonyl (C=O) groups is 1. The van der Waals surface area contributed by atoms with Gasteiger partial charge in [0.05, 0.1) is 0 Å². The van der Waals surface area contributed by atoms with Gasteiger partial charge >= 0.3 is 0 Å². The number of halogens is 1. The first-order valence-electron chi connectivity index (χ1n) is 3.80. The highest BCUT2D eigenvalue weighted by Crippen LogP contribution is 2.22. The van der Waals surface area contributed by atoms with Gasteiger partial charge in [0.25, 0.3) is 0 Å². The van der Waals surface area contributed by atoms with Crippen LogP contribution < -0.4 is 0 Å². The van der Waals surface area contributed by atoms with E-state index in [1.54, 1.807) is 6.92 Å². The zero-order valence-corrected chi connectivity index (χ0v) is 9.03. The maximum atomic E-state index is 11.2. The molecule has 1 aromatic rings. The van der Waals surface area contributed by atoms with Crippen LogP contribution in [0.25, 0.3) is 0 Å². The van der Waals surface area contributed by atoms with Crippen molar-refractivity contribution >= 4 is 21.7 Å². The molecule has 0 aliphatic heterocycles. The molecule has 64 valence electrons. The predicted octanol–water partition coefficient (Wildman–Crippen LogP) is 3.27. The Morgan fingerprint density at radius 3 is 2.33 bits per heavy atom. The number of aryl methyl sites for hydroxylation is 2. The molecule has 0 atom stereocenters. The minimum atomic E-state index is 0.111. The second kappa shape index (κ2) is 3.40. The summed E-state index contributed by atoms with van der Waals surface area (Å²) < 4.78 is 0.896. The molecule has 0 heterocycles. The number of Topliss-reactive ketones (excluding diaryl/α,β-unsaturated/α-hetero) is 1. The standard InChI is InChI=1S/C10H11BrO/c1-6-4-7(2)10(8(3)12)9(11)5-6/h4-5H,1-3H3. The lowest BCUT2D eigenvalue weighted by Gasteiger charge is -2.05. The quantitative estimate of drug-likeness (QED) is 0.673. The van der Waals surface area contributed by atoms with E-state index >= 15 is 0 Å². The van der Waals surface area contributed by atoms with Gasteiger partial charge in [0.15, 0.2) is 5.78 Å². The largest absolute Gasteiger partial charge is 0.294 e. The zero-order chi connectivity index (χ0) is 9.30. The van der Waals surface area contributed by atoms with Gasteiger partial charge in [0.1, 0.15) is 0 Å². The third-order valence-electron chi connectivity index (χ3n) is 1.78. The van der Waals surface area contributed by atoms with Crippen LogP contribution in [0.5, 0.6) is 0 Å². The van der Waals surface area contributed by atoms with E-state index in [9.17, 15) is 4.79 Å². The van der Waals surface area contributed by atoms with E-state index in [1.165, 1.54) is 5.56 Å². The van der Waals surface area contributed by atoms with Crippen molar-refractivity contribution in [3.63, 3.8) is 0 Å². The highest BCUT2D eigenvalue weighted by molar-refractivity contribution is 9.10. The van der Waals surface area contributed by atoms with Gasteiger partial charge in [-0.05, 0) is 38.0 Å². The van der Waals surface area contributed by atoms with E-state index in [-0.39, 0.29) is 5.78 Å². The van der Waals surface area contributed by atoms with Gasteiger partial charge in [0, 0.05) is 10.0 Å². The number of ketones is 1. The summed E-state index contributed by atoms with van der Waals surface area (Å²) in [7, 11) is 0. The second-order valence-corrected chi connectivity index (χ2v) is 3.85. The average Bonchev–Trinajstić information content (AvgIpc) is 1.82. The van der Waals surface area contributed by atoms with Crippen LogP contribution in [0.4, 0.5) is 0 Å². The molecule has 0 saturated carbocycles. The first kappa shape index (κ1) is 9.46. The first-order valence-corrected chi connectivity index (χ1v) is 4.59. The summed E-state index contributed by atoms with van der Waals surface area (Å²) in [5.41, 5.74) is 3.00. The minimum Gasteiger partial charge on any atom is -0.294 e. The van der Waals surface area contributed by atoms with Crippen LogP contribution in [0.1, 0.15) is 28.4 Å². The summed E-state index contributed by atoms with van der Waals surface area (Å²) in [6.07, 6.45) is 0. The van der Waals surface area contributed by atoms with Gasteiger partial charge in [-0.2, -0.15) is 0 Å². The van der Waals surface area contributed by atoms with Gasteiger partial charge in [-0.3, -0.25) is 4.79 Å². The maximum Gasteiger partial charge on any atom is 0.161 e. The Kier molecular flexibility index (Phi) is 2.68. The molecule has 0 aliphatic carbocycles. The highest BCUT2D eigenvalue weighted by atomic mass is 79.9. The molecule has 0 bridgehead atoms. The van der Waals surface area contributed by atoms with Crippen LogP contribution in [0.2, 0.25) is 0 Å². The van der Waals surface area contributed by atoms with Gasteiger partial charge in [-0.25, -0.2) is 0 Å². The van der Waals surface area contributed by atoms with E-state index in [2.05, 4.69) is 15.9 Å². The van der Waals surface area contributed by atoms with Gasteiger partial charge in [-0.1, -0.05) is 22.0 Å². The molecule has 1 aromatic carbocycles. The summed E-state index contributed by atoms with van der Waals surface area (Å²) in [5.74, 6) is 0.111. The van der Waals surface area contributed by atoms with Crippen LogP contribution in [-0.2, 0) is 0 Å². The summed E-state index contributed by atoms with van der Waals surface area (Å²) in [6, 6.07) is 3.98. The second-order valence-electron chi connectivity index (χ2n) is 2.99. The molecule has 0 radical (unpaired) electrons. The lowest BCUT2D eigenvalue weighted by atomic mass is 10.0. The molecule has 0 aliphatic rings. The Bertz CT molecular complexity index is 306. The Hall–Kier alpha value is -0.630. The smallest absolute Gasteiger partial charge is 0.161 e. The minimum absolute atomic E-state index is 0.111. The topological polar surface area (TPSA) is 17.1 Å². The summed E-state index contributed by atoms with van der Waals surface area (Å²) in [5, 5.41) is 0. The van der Waals surface area contributed by atoms with Crippen LogP contribution in [0, 0.1) is 13.8 Å². The lowest BCUT2D eigenvalue weighted by molar-refractivity contribution is 0.101. The normalized spacial score (nSPS) is 10.0.